The Bertz CT molecular complexity index is 1060. The van der Waals surface area contributed by atoms with Gasteiger partial charge in [-0.2, -0.15) is 16.8 Å². The second-order valence-electron chi connectivity index (χ2n) is 6.59. The molecule has 7 N–H and O–H groups in total. The van der Waals surface area contributed by atoms with Crippen LogP contribution in [0.3, 0.4) is 0 Å². The van der Waals surface area contributed by atoms with Gasteiger partial charge < -0.3 is 25.8 Å². The van der Waals surface area contributed by atoms with Crippen LogP contribution in [0.25, 0.3) is 11.2 Å². The van der Waals surface area contributed by atoms with Gasteiger partial charge in [0, 0.05) is 0 Å². The Kier molecular flexibility index (Phi) is 8.22. The standard InChI is InChI=1S/C10H13N5O4.C4H10O6S2/c11-8-5-9(13-2-12-8)15(3-14-5)10-7(18)6(17)4(1-16)19-10;5-11(6,7)3-1-2-4-12(8,9)10/h2-4,6-7,10,16-18H,1H2,(H2,11,12,13);1-4H2,(H,5,6,7)(H,8,9,10)/t4-,6-,7-,10-;/m1./s1. The molecule has 176 valence electrons. The molecule has 15 nitrogen and oxygen atoms in total. The lowest BCUT2D eigenvalue weighted by molar-refractivity contribution is -0.0511. The molecule has 2 aromatic rings. The van der Waals surface area contributed by atoms with E-state index in [4.69, 9.17) is 24.7 Å². The number of anilines is 1. The average Bonchev–Trinajstić information content (AvgIpc) is 3.21. The number of aliphatic hydroxyl groups excluding tert-OH is 3. The lowest BCUT2D eigenvalue weighted by atomic mass is 10.1. The van der Waals surface area contributed by atoms with Crippen molar-refractivity contribution in [3.8, 4) is 0 Å². The summed E-state index contributed by atoms with van der Waals surface area (Å²) < 4.78 is 63.7. The van der Waals surface area contributed by atoms with E-state index in [1.165, 1.54) is 17.2 Å². The molecule has 4 atom stereocenters. The zero-order valence-corrected chi connectivity index (χ0v) is 17.6. The highest BCUT2D eigenvalue weighted by Gasteiger charge is 2.43. The van der Waals surface area contributed by atoms with Crippen molar-refractivity contribution in [1.82, 2.24) is 19.5 Å². The molecule has 3 heterocycles. The van der Waals surface area contributed by atoms with Crippen molar-refractivity contribution in [3.63, 3.8) is 0 Å². The van der Waals surface area contributed by atoms with E-state index >= 15 is 0 Å². The summed E-state index contributed by atoms with van der Waals surface area (Å²) in [6, 6.07) is 0. The van der Waals surface area contributed by atoms with E-state index in [0.717, 1.165) is 0 Å². The first-order valence-corrected chi connectivity index (χ1v) is 12.0. The summed E-state index contributed by atoms with van der Waals surface area (Å²) in [5, 5.41) is 28.7. The van der Waals surface area contributed by atoms with Gasteiger partial charge in [0.1, 0.15) is 30.2 Å². The van der Waals surface area contributed by atoms with Crippen LogP contribution in [0, 0.1) is 0 Å². The van der Waals surface area contributed by atoms with Crippen LogP contribution in [0.4, 0.5) is 5.82 Å². The van der Waals surface area contributed by atoms with Crippen molar-refractivity contribution < 1.29 is 46.0 Å². The molecule has 0 bridgehead atoms. The van der Waals surface area contributed by atoms with Crippen LogP contribution in [0.15, 0.2) is 12.7 Å². The summed E-state index contributed by atoms with van der Waals surface area (Å²) in [5.74, 6) is -0.749. The second kappa shape index (κ2) is 10.1. The van der Waals surface area contributed by atoms with Gasteiger partial charge in [-0.25, -0.2) is 15.0 Å². The van der Waals surface area contributed by atoms with Crippen LogP contribution >= 0.6 is 0 Å². The maximum Gasteiger partial charge on any atom is 0.264 e. The van der Waals surface area contributed by atoms with Crippen LogP contribution in [-0.4, -0.2) is 97.2 Å². The fourth-order valence-electron chi connectivity index (χ4n) is 2.74. The van der Waals surface area contributed by atoms with Gasteiger partial charge >= 0.3 is 0 Å². The summed E-state index contributed by atoms with van der Waals surface area (Å²) >= 11 is 0. The van der Waals surface area contributed by atoms with Crippen molar-refractivity contribution >= 4 is 37.2 Å². The first kappa shape index (κ1) is 25.3. The number of rotatable bonds is 7. The Morgan fingerprint density at radius 1 is 1.00 bits per heavy atom. The molecule has 0 radical (unpaired) electrons. The Hall–Kier alpha value is -1.99. The summed E-state index contributed by atoms with van der Waals surface area (Å²) in [6.45, 7) is -0.390. The van der Waals surface area contributed by atoms with E-state index in [1.54, 1.807) is 0 Å². The fraction of sp³-hybridized carbons (Fsp3) is 0.643. The third-order valence-corrected chi connectivity index (χ3v) is 5.84. The first-order chi connectivity index (χ1) is 14.3. The molecule has 1 aliphatic rings. The lowest BCUT2D eigenvalue weighted by Crippen LogP contribution is -2.33. The Morgan fingerprint density at radius 3 is 2.06 bits per heavy atom. The highest BCUT2D eigenvalue weighted by molar-refractivity contribution is 7.86. The number of ether oxygens (including phenoxy) is 1. The van der Waals surface area contributed by atoms with E-state index in [2.05, 4.69) is 15.0 Å². The van der Waals surface area contributed by atoms with E-state index in [-0.39, 0.29) is 18.7 Å². The topological polar surface area (TPSA) is 248 Å². The van der Waals surface area contributed by atoms with E-state index < -0.39 is 62.9 Å². The van der Waals surface area contributed by atoms with Crippen molar-refractivity contribution in [2.75, 3.05) is 23.8 Å². The van der Waals surface area contributed by atoms with Crippen LogP contribution in [-0.2, 0) is 25.0 Å². The van der Waals surface area contributed by atoms with Crippen molar-refractivity contribution in [3.05, 3.63) is 12.7 Å². The highest BCUT2D eigenvalue weighted by Crippen LogP contribution is 2.31. The number of hydrogen-bond acceptors (Lipinski definition) is 12. The minimum atomic E-state index is -4.02. The zero-order valence-electron chi connectivity index (χ0n) is 16.0. The molecule has 1 fully saturated rings. The van der Waals surface area contributed by atoms with Crippen molar-refractivity contribution in [1.29, 1.82) is 0 Å². The fourth-order valence-corrected chi connectivity index (χ4v) is 3.87. The number of fused-ring (bicyclic) bond motifs is 1. The molecule has 0 amide bonds. The molecular weight excluding hydrogens is 462 g/mol. The molecular formula is C14H23N5O10S2. The summed E-state index contributed by atoms with van der Waals surface area (Å²) in [5.41, 5.74) is 6.44. The van der Waals surface area contributed by atoms with Crippen LogP contribution in [0.2, 0.25) is 0 Å². The average molecular weight is 485 g/mol. The molecule has 31 heavy (non-hydrogen) atoms. The Morgan fingerprint density at radius 2 is 1.58 bits per heavy atom. The first-order valence-electron chi connectivity index (χ1n) is 8.80. The minimum absolute atomic E-state index is 0.0125. The number of nitrogens with zero attached hydrogens (tertiary/aromatic N) is 4. The van der Waals surface area contributed by atoms with Crippen molar-refractivity contribution in [2.45, 2.75) is 37.4 Å². The summed E-state index contributed by atoms with van der Waals surface area (Å²) in [7, 11) is -8.04. The van der Waals surface area contributed by atoms with Gasteiger partial charge in [0.25, 0.3) is 20.2 Å². The normalized spacial score (nSPS) is 24.2. The molecule has 3 rings (SSSR count). The largest absolute Gasteiger partial charge is 0.394 e. The number of unbranched alkanes of at least 4 members (excludes halogenated alkanes) is 1. The van der Waals surface area contributed by atoms with Gasteiger partial charge in [-0.15, -0.1) is 0 Å². The quantitative estimate of drug-likeness (QED) is 0.176. The SMILES string of the molecule is Nc1ncnc2c1ncn2[C@@H]1O[C@H](CO)[C@@H](O)[C@H]1O.O=S(=O)(O)CCCCS(=O)(=O)O. The van der Waals surface area contributed by atoms with Crippen LogP contribution < -0.4 is 5.73 Å². The second-order valence-corrected chi connectivity index (χ2v) is 9.74. The highest BCUT2D eigenvalue weighted by atomic mass is 32.2. The molecule has 0 spiro atoms. The molecule has 1 saturated heterocycles. The third kappa shape index (κ3) is 7.01. The van der Waals surface area contributed by atoms with Gasteiger partial charge in [-0.05, 0) is 12.8 Å². The smallest absolute Gasteiger partial charge is 0.264 e. The van der Waals surface area contributed by atoms with Gasteiger partial charge in [-0.3, -0.25) is 13.7 Å². The maximum atomic E-state index is 10.1. The van der Waals surface area contributed by atoms with Gasteiger partial charge in [0.2, 0.25) is 0 Å². The van der Waals surface area contributed by atoms with Crippen LogP contribution in [0.1, 0.15) is 19.1 Å². The number of nitrogen functional groups attached to an aromatic ring is 1. The predicted molar refractivity (Wildman–Crippen MR) is 105 cm³/mol. The van der Waals surface area contributed by atoms with Crippen molar-refractivity contribution in [2.24, 2.45) is 0 Å². The number of hydrogen-bond donors (Lipinski definition) is 6. The molecule has 0 aliphatic carbocycles. The van der Waals surface area contributed by atoms with Gasteiger partial charge in [0.05, 0.1) is 24.4 Å². The number of aromatic nitrogens is 4. The monoisotopic (exact) mass is 485 g/mol. The molecule has 0 aromatic carbocycles. The number of imidazole rings is 1. The summed E-state index contributed by atoms with van der Waals surface area (Å²) in [6.07, 6.45) is -1.40. The number of nitrogens with two attached hydrogens (primary N) is 1. The Balaban J connectivity index is 0.000000248. The van der Waals surface area contributed by atoms with E-state index in [0.29, 0.717) is 11.2 Å². The Labute approximate surface area is 177 Å². The van der Waals surface area contributed by atoms with Gasteiger partial charge in [0.15, 0.2) is 17.7 Å². The van der Waals surface area contributed by atoms with E-state index in [1.807, 2.05) is 0 Å². The minimum Gasteiger partial charge on any atom is -0.394 e. The summed E-state index contributed by atoms with van der Waals surface area (Å²) in [4.78, 5) is 11.9. The lowest BCUT2D eigenvalue weighted by Gasteiger charge is -2.16. The molecule has 0 saturated carbocycles. The predicted octanol–water partition coefficient (Wildman–Crippen LogP) is -2.44. The van der Waals surface area contributed by atoms with Gasteiger partial charge in [-0.1, -0.05) is 0 Å². The maximum absolute atomic E-state index is 10.1. The molecule has 0 unspecified atom stereocenters. The van der Waals surface area contributed by atoms with Crippen LogP contribution in [0.5, 0.6) is 0 Å². The molecule has 2 aromatic heterocycles. The zero-order chi connectivity index (χ0) is 23.4. The number of aliphatic hydroxyl groups is 3. The molecule has 17 heteroatoms. The van der Waals surface area contributed by atoms with E-state index in [9.17, 15) is 27.0 Å². The molecule has 1 aliphatic heterocycles. The third-order valence-electron chi connectivity index (χ3n) is 4.23.